The second-order valence-electron chi connectivity index (χ2n) is 4.55. The van der Waals surface area contributed by atoms with Crippen LogP contribution in [0.15, 0.2) is 17.5 Å². The Morgan fingerprint density at radius 3 is 3.14 bits per heavy atom. The van der Waals surface area contributed by atoms with Gasteiger partial charge in [-0.05, 0) is 44.2 Å². The summed E-state index contributed by atoms with van der Waals surface area (Å²) in [7, 11) is 0. The van der Waals surface area contributed by atoms with E-state index in [2.05, 4.69) is 29.8 Å². The Morgan fingerprint density at radius 2 is 2.36 bits per heavy atom. The average molecular weight is 209 g/mol. The molecule has 1 atom stereocenters. The Bertz CT molecular complexity index is 258. The van der Waals surface area contributed by atoms with Gasteiger partial charge < -0.3 is 5.32 Å². The summed E-state index contributed by atoms with van der Waals surface area (Å²) in [5.41, 5.74) is 0.349. The van der Waals surface area contributed by atoms with Crippen LogP contribution in [0.3, 0.4) is 0 Å². The van der Waals surface area contributed by atoms with E-state index in [1.807, 2.05) is 11.3 Å². The third-order valence-electron chi connectivity index (χ3n) is 3.10. The number of nitrogens with one attached hydrogen (secondary N) is 1. The lowest BCUT2D eigenvalue weighted by atomic mass is 9.91. The Balaban J connectivity index is 1.99. The first-order chi connectivity index (χ1) is 6.79. The van der Waals surface area contributed by atoms with E-state index in [0.717, 1.165) is 0 Å². The summed E-state index contributed by atoms with van der Waals surface area (Å²) >= 11 is 1.88. The minimum absolute atomic E-state index is 0.349. The zero-order valence-corrected chi connectivity index (χ0v) is 9.70. The zero-order chi connectivity index (χ0) is 9.86. The Morgan fingerprint density at radius 1 is 1.43 bits per heavy atom. The van der Waals surface area contributed by atoms with E-state index in [-0.39, 0.29) is 0 Å². The summed E-state index contributed by atoms with van der Waals surface area (Å²) in [4.78, 5) is 1.52. The van der Waals surface area contributed by atoms with Gasteiger partial charge in [0.2, 0.25) is 0 Å². The second kappa shape index (κ2) is 4.45. The quantitative estimate of drug-likeness (QED) is 0.788. The first-order valence-corrected chi connectivity index (χ1v) is 6.44. The van der Waals surface area contributed by atoms with E-state index in [4.69, 9.17) is 0 Å². The molecule has 0 spiro atoms. The van der Waals surface area contributed by atoms with E-state index in [0.29, 0.717) is 5.54 Å². The van der Waals surface area contributed by atoms with Gasteiger partial charge in [-0.15, -0.1) is 11.3 Å². The fourth-order valence-corrected chi connectivity index (χ4v) is 3.14. The molecule has 0 aliphatic carbocycles. The summed E-state index contributed by atoms with van der Waals surface area (Å²) in [5.74, 6) is 0. The highest BCUT2D eigenvalue weighted by atomic mass is 32.1. The number of hydrogen-bond donors (Lipinski definition) is 1. The molecule has 1 aromatic heterocycles. The molecule has 14 heavy (non-hydrogen) atoms. The van der Waals surface area contributed by atoms with Crippen molar-refractivity contribution in [3.05, 3.63) is 22.4 Å². The first kappa shape index (κ1) is 10.2. The third-order valence-corrected chi connectivity index (χ3v) is 3.98. The second-order valence-corrected chi connectivity index (χ2v) is 5.59. The maximum Gasteiger partial charge on any atom is 0.0201 e. The lowest BCUT2D eigenvalue weighted by molar-refractivity contribution is 0.348. The van der Waals surface area contributed by atoms with Crippen LogP contribution in [-0.2, 0) is 6.42 Å². The van der Waals surface area contributed by atoms with Gasteiger partial charge in [0.05, 0.1) is 0 Å². The molecule has 1 aliphatic heterocycles. The normalized spacial score (nSPS) is 28.6. The SMILES string of the molecule is CC1(Cc2cccs2)CCCCCN1. The monoisotopic (exact) mass is 209 g/mol. The summed E-state index contributed by atoms with van der Waals surface area (Å²) in [6, 6.07) is 4.41. The molecule has 1 aliphatic rings. The molecule has 1 aromatic rings. The van der Waals surface area contributed by atoms with Crippen LogP contribution in [0, 0.1) is 0 Å². The van der Waals surface area contributed by atoms with Crippen LogP contribution in [0.2, 0.25) is 0 Å². The molecule has 0 radical (unpaired) electrons. The molecule has 2 rings (SSSR count). The van der Waals surface area contributed by atoms with Crippen LogP contribution in [0.1, 0.15) is 37.5 Å². The molecular weight excluding hydrogens is 190 g/mol. The Labute approximate surface area is 90.5 Å². The van der Waals surface area contributed by atoms with E-state index in [9.17, 15) is 0 Å². The van der Waals surface area contributed by atoms with Crippen molar-refractivity contribution in [2.45, 2.75) is 44.6 Å². The van der Waals surface area contributed by atoms with Crippen molar-refractivity contribution in [3.63, 3.8) is 0 Å². The minimum Gasteiger partial charge on any atom is -0.311 e. The Kier molecular flexibility index (Phi) is 3.24. The number of hydrogen-bond acceptors (Lipinski definition) is 2. The molecular formula is C12H19NS. The highest BCUT2D eigenvalue weighted by molar-refractivity contribution is 7.09. The standard InChI is InChI=1S/C12H19NS/c1-12(7-3-2-4-8-13-12)10-11-6-5-9-14-11/h5-6,9,13H,2-4,7-8,10H2,1H3. The van der Waals surface area contributed by atoms with Crippen LogP contribution < -0.4 is 5.32 Å². The summed E-state index contributed by atoms with van der Waals surface area (Å²) in [6.07, 6.45) is 6.65. The molecule has 1 nitrogen and oxygen atoms in total. The zero-order valence-electron chi connectivity index (χ0n) is 8.88. The smallest absolute Gasteiger partial charge is 0.0201 e. The van der Waals surface area contributed by atoms with Crippen LogP contribution in [0.25, 0.3) is 0 Å². The molecule has 1 saturated heterocycles. The van der Waals surface area contributed by atoms with Gasteiger partial charge in [-0.25, -0.2) is 0 Å². The number of thiophene rings is 1. The highest BCUT2D eigenvalue weighted by Crippen LogP contribution is 2.24. The molecule has 2 heteroatoms. The molecule has 1 N–H and O–H groups in total. The van der Waals surface area contributed by atoms with Crippen molar-refractivity contribution in [1.29, 1.82) is 0 Å². The minimum atomic E-state index is 0.349. The van der Waals surface area contributed by atoms with E-state index in [1.54, 1.807) is 0 Å². The van der Waals surface area contributed by atoms with Crippen LogP contribution in [-0.4, -0.2) is 12.1 Å². The van der Waals surface area contributed by atoms with Crippen LogP contribution in [0.4, 0.5) is 0 Å². The molecule has 1 fully saturated rings. The highest BCUT2D eigenvalue weighted by Gasteiger charge is 2.25. The third kappa shape index (κ3) is 2.58. The molecule has 78 valence electrons. The summed E-state index contributed by atoms with van der Waals surface area (Å²) in [6.45, 7) is 3.57. The van der Waals surface area contributed by atoms with Gasteiger partial charge >= 0.3 is 0 Å². The average Bonchev–Trinajstić information content (AvgIpc) is 2.55. The van der Waals surface area contributed by atoms with Gasteiger partial charge in [0, 0.05) is 10.4 Å². The lowest BCUT2D eigenvalue weighted by Crippen LogP contribution is -2.43. The van der Waals surface area contributed by atoms with Crippen LogP contribution in [0.5, 0.6) is 0 Å². The molecule has 1 unspecified atom stereocenters. The number of rotatable bonds is 2. The first-order valence-electron chi connectivity index (χ1n) is 5.56. The molecule has 0 saturated carbocycles. The predicted octanol–water partition coefficient (Wildman–Crippen LogP) is 3.21. The van der Waals surface area contributed by atoms with Crippen molar-refractivity contribution in [1.82, 2.24) is 5.32 Å². The van der Waals surface area contributed by atoms with Gasteiger partial charge in [-0.2, -0.15) is 0 Å². The van der Waals surface area contributed by atoms with Crippen molar-refractivity contribution < 1.29 is 0 Å². The molecule has 0 bridgehead atoms. The molecule has 0 aromatic carbocycles. The molecule has 2 heterocycles. The fraction of sp³-hybridized carbons (Fsp3) is 0.667. The maximum absolute atomic E-state index is 3.70. The van der Waals surface area contributed by atoms with Gasteiger partial charge in [0.25, 0.3) is 0 Å². The van der Waals surface area contributed by atoms with Crippen molar-refractivity contribution in [2.24, 2.45) is 0 Å². The van der Waals surface area contributed by atoms with Crippen LogP contribution >= 0.6 is 11.3 Å². The lowest BCUT2D eigenvalue weighted by Gasteiger charge is -2.28. The Hall–Kier alpha value is -0.340. The van der Waals surface area contributed by atoms with E-state index < -0.39 is 0 Å². The topological polar surface area (TPSA) is 12.0 Å². The molecule has 0 amide bonds. The van der Waals surface area contributed by atoms with Crippen molar-refractivity contribution in [2.75, 3.05) is 6.54 Å². The van der Waals surface area contributed by atoms with Crippen molar-refractivity contribution >= 4 is 11.3 Å². The van der Waals surface area contributed by atoms with E-state index >= 15 is 0 Å². The maximum atomic E-state index is 3.70. The van der Waals surface area contributed by atoms with Gasteiger partial charge in [0.1, 0.15) is 0 Å². The van der Waals surface area contributed by atoms with Gasteiger partial charge in [0.15, 0.2) is 0 Å². The van der Waals surface area contributed by atoms with E-state index in [1.165, 1.54) is 43.5 Å². The van der Waals surface area contributed by atoms with Crippen molar-refractivity contribution in [3.8, 4) is 0 Å². The predicted molar refractivity (Wildman–Crippen MR) is 62.9 cm³/mol. The summed E-state index contributed by atoms with van der Waals surface area (Å²) < 4.78 is 0. The summed E-state index contributed by atoms with van der Waals surface area (Å²) in [5, 5.41) is 5.88. The fourth-order valence-electron chi connectivity index (χ4n) is 2.24. The largest absolute Gasteiger partial charge is 0.311 e. The van der Waals surface area contributed by atoms with Gasteiger partial charge in [-0.3, -0.25) is 0 Å². The van der Waals surface area contributed by atoms with Gasteiger partial charge in [-0.1, -0.05) is 18.9 Å².